The molecule has 0 N–H and O–H groups in total. The highest BCUT2D eigenvalue weighted by atomic mass is 19.4. The highest BCUT2D eigenvalue weighted by Gasteiger charge is 2.39. The van der Waals surface area contributed by atoms with Gasteiger partial charge in [-0.3, -0.25) is 0 Å². The van der Waals surface area contributed by atoms with Crippen molar-refractivity contribution < 1.29 is 13.2 Å². The average molecular weight is 202 g/mol. The van der Waals surface area contributed by atoms with E-state index in [0.717, 1.165) is 5.56 Å². The predicted octanol–water partition coefficient (Wildman–Crippen LogP) is 3.99. The van der Waals surface area contributed by atoms with E-state index in [1.165, 1.54) is 6.92 Å². The van der Waals surface area contributed by atoms with Gasteiger partial charge in [-0.15, -0.1) is 0 Å². The van der Waals surface area contributed by atoms with Crippen molar-refractivity contribution in [2.75, 3.05) is 0 Å². The second kappa shape index (κ2) is 4.03. The summed E-state index contributed by atoms with van der Waals surface area (Å²) in [6, 6.07) is 8.78. The molecule has 1 rings (SSSR count). The van der Waals surface area contributed by atoms with Crippen molar-refractivity contribution >= 4 is 0 Å². The van der Waals surface area contributed by atoms with Gasteiger partial charge >= 0.3 is 6.18 Å². The lowest BCUT2D eigenvalue weighted by molar-refractivity contribution is -0.174. The van der Waals surface area contributed by atoms with Crippen LogP contribution in [0, 0.1) is 5.92 Å². The number of alkyl halides is 3. The summed E-state index contributed by atoms with van der Waals surface area (Å²) in [7, 11) is 0. The minimum absolute atomic E-state index is 0.490. The molecule has 1 aromatic rings. The Labute approximate surface area is 81.8 Å². The van der Waals surface area contributed by atoms with Gasteiger partial charge in [0.05, 0.1) is 5.92 Å². The molecular formula is C11H13F3. The normalized spacial score (nSPS) is 16.4. The molecular weight excluding hydrogens is 189 g/mol. The molecule has 0 spiro atoms. The van der Waals surface area contributed by atoms with Crippen molar-refractivity contribution in [2.45, 2.75) is 25.9 Å². The highest BCUT2D eigenvalue weighted by molar-refractivity contribution is 5.19. The van der Waals surface area contributed by atoms with Crippen LogP contribution < -0.4 is 0 Å². The second-order valence-electron chi connectivity index (χ2n) is 3.53. The summed E-state index contributed by atoms with van der Waals surface area (Å²) in [4.78, 5) is 0. The van der Waals surface area contributed by atoms with E-state index in [2.05, 4.69) is 0 Å². The maximum Gasteiger partial charge on any atom is 0.392 e. The lowest BCUT2D eigenvalue weighted by Gasteiger charge is -2.22. The van der Waals surface area contributed by atoms with Crippen molar-refractivity contribution in [3.8, 4) is 0 Å². The molecule has 3 heteroatoms. The Morgan fingerprint density at radius 2 is 1.50 bits per heavy atom. The minimum Gasteiger partial charge on any atom is -0.171 e. The zero-order valence-corrected chi connectivity index (χ0v) is 8.18. The van der Waals surface area contributed by atoms with Gasteiger partial charge < -0.3 is 0 Å². The van der Waals surface area contributed by atoms with E-state index < -0.39 is 18.0 Å². The van der Waals surface area contributed by atoms with Crippen LogP contribution in [0.4, 0.5) is 13.2 Å². The number of rotatable bonds is 2. The first-order valence-electron chi connectivity index (χ1n) is 4.54. The molecule has 0 aliphatic carbocycles. The fraction of sp³-hybridized carbons (Fsp3) is 0.455. The third-order valence-electron chi connectivity index (χ3n) is 2.59. The van der Waals surface area contributed by atoms with Crippen LogP contribution in [-0.2, 0) is 0 Å². The van der Waals surface area contributed by atoms with Crippen molar-refractivity contribution in [2.24, 2.45) is 5.92 Å². The minimum atomic E-state index is -4.12. The summed E-state index contributed by atoms with van der Waals surface area (Å²) in [5.41, 5.74) is 0.734. The third kappa shape index (κ3) is 2.50. The maximum absolute atomic E-state index is 12.4. The van der Waals surface area contributed by atoms with Crippen LogP contribution in [-0.4, -0.2) is 6.18 Å². The molecule has 0 aliphatic heterocycles. The molecule has 0 bridgehead atoms. The SMILES string of the molecule is CC(c1ccccc1)[C@H](C)C(F)(F)F. The fourth-order valence-electron chi connectivity index (χ4n) is 1.33. The molecule has 1 unspecified atom stereocenters. The zero-order chi connectivity index (χ0) is 10.8. The standard InChI is InChI=1S/C11H13F3/c1-8(9(2)11(12,13)14)10-6-4-3-5-7-10/h3-9H,1-2H3/t8?,9-/m0/s1. The molecule has 0 aromatic heterocycles. The van der Waals surface area contributed by atoms with Crippen LogP contribution in [0.3, 0.4) is 0 Å². The lowest BCUT2D eigenvalue weighted by Crippen LogP contribution is -2.24. The van der Waals surface area contributed by atoms with Gasteiger partial charge in [0, 0.05) is 0 Å². The number of hydrogen-bond acceptors (Lipinski definition) is 0. The Balaban J connectivity index is 2.81. The summed E-state index contributed by atoms with van der Waals surface area (Å²) in [5.74, 6) is -1.79. The third-order valence-corrected chi connectivity index (χ3v) is 2.59. The molecule has 0 radical (unpaired) electrons. The first kappa shape index (κ1) is 11.1. The van der Waals surface area contributed by atoms with Crippen LogP contribution >= 0.6 is 0 Å². The Morgan fingerprint density at radius 1 is 1.00 bits per heavy atom. The zero-order valence-electron chi connectivity index (χ0n) is 8.18. The first-order chi connectivity index (χ1) is 6.43. The van der Waals surface area contributed by atoms with Crippen LogP contribution in [0.2, 0.25) is 0 Å². The molecule has 1 aromatic carbocycles. The van der Waals surface area contributed by atoms with E-state index in [-0.39, 0.29) is 0 Å². The Morgan fingerprint density at radius 3 is 1.93 bits per heavy atom. The largest absolute Gasteiger partial charge is 0.392 e. The molecule has 0 saturated carbocycles. The number of halogens is 3. The Hall–Kier alpha value is -0.990. The summed E-state index contributed by atoms with van der Waals surface area (Å²) in [5, 5.41) is 0. The number of hydrogen-bond donors (Lipinski definition) is 0. The topological polar surface area (TPSA) is 0 Å². The van der Waals surface area contributed by atoms with Crippen molar-refractivity contribution in [1.29, 1.82) is 0 Å². The van der Waals surface area contributed by atoms with E-state index in [1.54, 1.807) is 37.3 Å². The van der Waals surface area contributed by atoms with Crippen LogP contribution in [0.15, 0.2) is 30.3 Å². The quantitative estimate of drug-likeness (QED) is 0.680. The molecule has 0 saturated heterocycles. The van der Waals surface area contributed by atoms with Crippen molar-refractivity contribution in [1.82, 2.24) is 0 Å². The van der Waals surface area contributed by atoms with Gasteiger partial charge in [0.15, 0.2) is 0 Å². The molecule has 0 nitrogen and oxygen atoms in total. The highest BCUT2D eigenvalue weighted by Crippen LogP contribution is 2.36. The van der Waals surface area contributed by atoms with Crippen molar-refractivity contribution in [3.05, 3.63) is 35.9 Å². The fourth-order valence-corrected chi connectivity index (χ4v) is 1.33. The summed E-state index contributed by atoms with van der Waals surface area (Å²) < 4.78 is 37.2. The molecule has 0 amide bonds. The second-order valence-corrected chi connectivity index (χ2v) is 3.53. The molecule has 78 valence electrons. The number of benzene rings is 1. The van der Waals surface area contributed by atoms with Gasteiger partial charge in [0.2, 0.25) is 0 Å². The van der Waals surface area contributed by atoms with Gasteiger partial charge in [-0.2, -0.15) is 13.2 Å². The van der Waals surface area contributed by atoms with Gasteiger partial charge in [0.1, 0.15) is 0 Å². The molecule has 0 heterocycles. The lowest BCUT2D eigenvalue weighted by atomic mass is 9.88. The van der Waals surface area contributed by atoms with E-state index in [4.69, 9.17) is 0 Å². The van der Waals surface area contributed by atoms with E-state index in [1.807, 2.05) is 0 Å². The van der Waals surface area contributed by atoms with E-state index in [9.17, 15) is 13.2 Å². The van der Waals surface area contributed by atoms with E-state index >= 15 is 0 Å². The van der Waals surface area contributed by atoms with Crippen LogP contribution in [0.25, 0.3) is 0 Å². The molecule has 2 atom stereocenters. The summed E-state index contributed by atoms with van der Waals surface area (Å²) in [6.07, 6.45) is -4.12. The predicted molar refractivity (Wildman–Crippen MR) is 50.1 cm³/mol. The van der Waals surface area contributed by atoms with Crippen LogP contribution in [0.5, 0.6) is 0 Å². The van der Waals surface area contributed by atoms with Gasteiger partial charge in [-0.1, -0.05) is 44.2 Å². The summed E-state index contributed by atoms with van der Waals surface area (Å²) >= 11 is 0. The van der Waals surface area contributed by atoms with Gasteiger partial charge in [0.25, 0.3) is 0 Å². The monoisotopic (exact) mass is 202 g/mol. The van der Waals surface area contributed by atoms with Crippen LogP contribution in [0.1, 0.15) is 25.3 Å². The summed E-state index contributed by atoms with van der Waals surface area (Å²) in [6.45, 7) is 2.82. The smallest absolute Gasteiger partial charge is 0.171 e. The Bertz CT molecular complexity index is 276. The van der Waals surface area contributed by atoms with E-state index in [0.29, 0.717) is 0 Å². The molecule has 14 heavy (non-hydrogen) atoms. The average Bonchev–Trinajstić information content (AvgIpc) is 2.15. The maximum atomic E-state index is 12.4. The van der Waals surface area contributed by atoms with Gasteiger partial charge in [-0.25, -0.2) is 0 Å². The molecule has 0 aliphatic rings. The molecule has 0 fully saturated rings. The van der Waals surface area contributed by atoms with Gasteiger partial charge in [-0.05, 0) is 11.5 Å². The van der Waals surface area contributed by atoms with Crippen molar-refractivity contribution in [3.63, 3.8) is 0 Å². The first-order valence-corrected chi connectivity index (χ1v) is 4.54. The Kier molecular flexibility index (Phi) is 3.19.